The summed E-state index contributed by atoms with van der Waals surface area (Å²) >= 11 is -2.74. The standard InChI is InChI=1S/C20H15.C16H13.C6H14.CH3.2ClH.H3Si.Zr/c1-14-12-16-8-5-11-19(20(16)13-14)18-10-4-7-15-6-2-3-9-17(15)18;1-12-10-14-8-5-9-15(16(14)11-12)13-6-3-2-4-7-13;1-3-5-6-4-2;;;;;/h2-13H,1H3;2-11H,1H3;3-6H2,1-2H3;1H3;2*1H;1H3;. The molecule has 0 saturated heterocycles. The average molecular weight is 757 g/mol. The van der Waals surface area contributed by atoms with Crippen molar-refractivity contribution in [3.63, 3.8) is 0 Å². The third kappa shape index (κ3) is 7.28. The van der Waals surface area contributed by atoms with E-state index in [2.05, 4.69) is 154 Å². The van der Waals surface area contributed by atoms with E-state index in [0.29, 0.717) is 7.25 Å². The van der Waals surface area contributed by atoms with E-state index < -0.39 is 19.4 Å². The summed E-state index contributed by atoms with van der Waals surface area (Å²) in [6.07, 6.45) is 10.6. The van der Waals surface area contributed by atoms with Crippen molar-refractivity contribution >= 4 is 55.1 Å². The molecule has 0 radical (unpaired) electrons. The molecular formula is C43H50Cl2SiZr. The van der Waals surface area contributed by atoms with Crippen LogP contribution in [-0.2, 0) is 19.4 Å². The molecule has 5 aromatic rings. The van der Waals surface area contributed by atoms with Crippen molar-refractivity contribution in [2.75, 3.05) is 0 Å². The Morgan fingerprint density at radius 1 is 0.553 bits per heavy atom. The van der Waals surface area contributed by atoms with Crippen LogP contribution in [0.3, 0.4) is 0 Å². The van der Waals surface area contributed by atoms with Gasteiger partial charge in [-0.3, -0.25) is 0 Å². The first-order valence-corrected chi connectivity index (χ1v) is 30.7. The number of unbranched alkanes of at least 4 members (excludes halogenated alkanes) is 3. The van der Waals surface area contributed by atoms with Crippen LogP contribution in [0.2, 0.25) is 4.63 Å². The normalized spacial score (nSPS) is 17.2. The van der Waals surface area contributed by atoms with Gasteiger partial charge in [0.25, 0.3) is 0 Å². The summed E-state index contributed by atoms with van der Waals surface area (Å²) < 4.78 is 4.01. The Kier molecular flexibility index (Phi) is 12.9. The number of fused-ring (bicyclic) bond motifs is 3. The molecule has 3 unspecified atom stereocenters. The molecule has 4 heteroatoms. The van der Waals surface area contributed by atoms with Gasteiger partial charge in [-0.15, -0.1) is 24.8 Å². The van der Waals surface area contributed by atoms with Gasteiger partial charge in [0.1, 0.15) is 0 Å². The van der Waals surface area contributed by atoms with Gasteiger partial charge >= 0.3 is 240 Å². The quantitative estimate of drug-likeness (QED) is 0.115. The zero-order chi connectivity index (χ0) is 31.6. The van der Waals surface area contributed by atoms with Gasteiger partial charge in [0.2, 0.25) is 0 Å². The van der Waals surface area contributed by atoms with E-state index in [9.17, 15) is 0 Å². The Hall–Kier alpha value is -2.48. The van der Waals surface area contributed by atoms with Gasteiger partial charge in [-0.25, -0.2) is 0 Å². The third-order valence-electron chi connectivity index (χ3n) is 10.2. The van der Waals surface area contributed by atoms with Crippen LogP contribution >= 0.6 is 24.8 Å². The number of halogens is 2. The number of hydrogen-bond acceptors (Lipinski definition) is 0. The zero-order valence-electron chi connectivity index (χ0n) is 28.8. The summed E-state index contributed by atoms with van der Waals surface area (Å²) in [7, 11) is 1.30. The summed E-state index contributed by atoms with van der Waals surface area (Å²) in [5.74, 6) is 0. The maximum absolute atomic E-state index is 2.76. The second-order valence-electron chi connectivity index (χ2n) is 13.7. The summed E-state index contributed by atoms with van der Waals surface area (Å²) in [6.45, 7) is 9.29. The number of allylic oxidation sites excluding steroid dienone is 2. The first-order chi connectivity index (χ1) is 21.9. The first-order valence-electron chi connectivity index (χ1n) is 17.0. The van der Waals surface area contributed by atoms with Crippen LogP contribution < -0.4 is 0 Å². The molecule has 0 nitrogen and oxygen atoms in total. The predicted octanol–water partition coefficient (Wildman–Crippen LogP) is 12.7. The van der Waals surface area contributed by atoms with Gasteiger partial charge in [-0.2, -0.15) is 0 Å². The summed E-state index contributed by atoms with van der Waals surface area (Å²) in [5, 5.41) is 2.66. The zero-order valence-corrected chi connectivity index (χ0v) is 34.9. The second-order valence-corrected chi connectivity index (χ2v) is 38.2. The second kappa shape index (κ2) is 16.3. The van der Waals surface area contributed by atoms with Gasteiger partial charge in [0.05, 0.1) is 0 Å². The molecule has 47 heavy (non-hydrogen) atoms. The van der Waals surface area contributed by atoms with Crippen molar-refractivity contribution in [2.45, 2.75) is 65.3 Å². The van der Waals surface area contributed by atoms with Crippen molar-refractivity contribution in [1.82, 2.24) is 0 Å². The topological polar surface area (TPSA) is 0 Å². The number of benzene rings is 5. The van der Waals surface area contributed by atoms with Crippen LogP contribution in [0, 0.1) is 0 Å². The van der Waals surface area contributed by atoms with E-state index in [1.165, 1.54) is 77.2 Å². The van der Waals surface area contributed by atoms with Crippen LogP contribution in [-0.4, -0.2) is 7.37 Å². The van der Waals surface area contributed by atoms with Crippen molar-refractivity contribution in [3.8, 4) is 22.3 Å². The molecule has 0 bridgehead atoms. The number of hydrogen-bond donors (Lipinski definition) is 0. The molecule has 2 aliphatic rings. The Labute approximate surface area is 302 Å². The van der Waals surface area contributed by atoms with Gasteiger partial charge in [0, 0.05) is 0 Å². The minimum Gasteiger partial charge on any atom is -0.147 e. The van der Waals surface area contributed by atoms with Crippen LogP contribution in [0.15, 0.2) is 120 Å². The molecule has 5 aromatic carbocycles. The van der Waals surface area contributed by atoms with E-state index in [0.717, 1.165) is 0 Å². The van der Waals surface area contributed by atoms with E-state index in [-0.39, 0.29) is 24.8 Å². The first kappa shape index (κ1) is 37.3. The molecule has 7 rings (SSSR count). The third-order valence-corrected chi connectivity index (χ3v) is 28.1. The van der Waals surface area contributed by atoms with Crippen LogP contribution in [0.25, 0.3) is 45.2 Å². The molecule has 2 aliphatic carbocycles. The minimum absolute atomic E-state index is 0. The molecule has 0 aliphatic heterocycles. The van der Waals surface area contributed by atoms with Gasteiger partial charge < -0.3 is 0 Å². The Bertz CT molecular complexity index is 1880. The monoisotopic (exact) mass is 754 g/mol. The molecule has 0 amide bonds. The van der Waals surface area contributed by atoms with Gasteiger partial charge in [-0.05, 0) is 0 Å². The fraction of sp³-hybridized carbons (Fsp3) is 0.256. The van der Waals surface area contributed by atoms with Gasteiger partial charge in [0.15, 0.2) is 0 Å². The molecule has 0 N–H and O–H groups in total. The van der Waals surface area contributed by atoms with Crippen molar-refractivity contribution in [3.05, 3.63) is 143 Å². The van der Waals surface area contributed by atoms with E-state index in [1.807, 2.05) is 0 Å². The molecule has 3 atom stereocenters. The largest absolute Gasteiger partial charge is 0.147 e. The van der Waals surface area contributed by atoms with Crippen LogP contribution in [0.4, 0.5) is 0 Å². The van der Waals surface area contributed by atoms with Gasteiger partial charge in [-0.1, -0.05) is 39.5 Å². The summed E-state index contributed by atoms with van der Waals surface area (Å²) in [4.78, 5) is 0. The van der Waals surface area contributed by atoms with E-state index >= 15 is 0 Å². The van der Waals surface area contributed by atoms with Crippen LogP contribution in [0.5, 0.6) is 0 Å². The smallest absolute Gasteiger partial charge is 0.0536 e. The van der Waals surface area contributed by atoms with Crippen molar-refractivity contribution in [2.24, 2.45) is 0 Å². The SMILES string of the molecule is CC1=Cc2c(-c3ccccc3)cccc2[CH]1[Zr]([CH3])([SiH3])[CH]1C(C)=Cc2c(-c3cccc4ccccc34)cccc21.CCCCCC.Cl.Cl. The van der Waals surface area contributed by atoms with Crippen molar-refractivity contribution < 1.29 is 19.4 Å². The van der Waals surface area contributed by atoms with Crippen LogP contribution in [0.1, 0.15) is 82.9 Å². The molecule has 0 spiro atoms. The predicted molar refractivity (Wildman–Crippen MR) is 214 cm³/mol. The molecular weight excluding hydrogens is 707 g/mol. The Morgan fingerprint density at radius 2 is 1.02 bits per heavy atom. The minimum atomic E-state index is -2.74. The van der Waals surface area contributed by atoms with E-state index in [4.69, 9.17) is 0 Å². The maximum Gasteiger partial charge on any atom is -0.0536 e. The summed E-state index contributed by atoms with van der Waals surface area (Å²) in [6, 6.07) is 40.7. The number of rotatable bonds is 7. The van der Waals surface area contributed by atoms with E-state index in [1.54, 1.807) is 22.3 Å². The fourth-order valence-corrected chi connectivity index (χ4v) is 29.6. The molecule has 0 aromatic heterocycles. The van der Waals surface area contributed by atoms with Crippen molar-refractivity contribution in [1.29, 1.82) is 0 Å². The maximum atomic E-state index is 2.76. The molecule has 0 fully saturated rings. The molecule has 244 valence electrons. The Balaban J connectivity index is 0.000000575. The average Bonchev–Trinajstić information content (AvgIpc) is 3.60. The summed E-state index contributed by atoms with van der Waals surface area (Å²) in [5.41, 5.74) is 14.7. The molecule has 0 saturated carbocycles. The fourth-order valence-electron chi connectivity index (χ4n) is 8.31. The molecule has 0 heterocycles. The Morgan fingerprint density at radius 3 is 1.62 bits per heavy atom.